The highest BCUT2D eigenvalue weighted by Crippen LogP contribution is 2.12. The predicted molar refractivity (Wildman–Crippen MR) is 66.0 cm³/mol. The zero-order valence-corrected chi connectivity index (χ0v) is 10.3. The van der Waals surface area contributed by atoms with Gasteiger partial charge in [0.1, 0.15) is 5.75 Å². The molecule has 1 amide bonds. The first-order valence-electron chi connectivity index (χ1n) is 5.77. The van der Waals surface area contributed by atoms with Crippen LogP contribution in [-0.4, -0.2) is 30.3 Å². The number of ether oxygens (including phenoxy) is 1. The second kappa shape index (κ2) is 6.91. The van der Waals surface area contributed by atoms with Gasteiger partial charge in [-0.3, -0.25) is 4.79 Å². The van der Waals surface area contributed by atoms with Crippen molar-refractivity contribution in [3.63, 3.8) is 0 Å². The van der Waals surface area contributed by atoms with Gasteiger partial charge in [-0.1, -0.05) is 12.1 Å². The van der Waals surface area contributed by atoms with Crippen molar-refractivity contribution in [2.45, 2.75) is 26.3 Å². The van der Waals surface area contributed by atoms with Gasteiger partial charge in [-0.05, 0) is 31.5 Å². The molecule has 0 saturated carbocycles. The van der Waals surface area contributed by atoms with Gasteiger partial charge in [0.25, 0.3) is 0 Å². The quantitative estimate of drug-likeness (QED) is 0.779. The van der Waals surface area contributed by atoms with Crippen LogP contribution in [0.2, 0.25) is 0 Å². The Morgan fingerprint density at radius 1 is 1.41 bits per heavy atom. The van der Waals surface area contributed by atoms with Crippen molar-refractivity contribution >= 4 is 5.91 Å². The van der Waals surface area contributed by atoms with Crippen LogP contribution in [0.3, 0.4) is 0 Å². The topological polar surface area (TPSA) is 58.6 Å². The van der Waals surface area contributed by atoms with Crippen LogP contribution in [0.15, 0.2) is 24.3 Å². The highest BCUT2D eigenvalue weighted by molar-refractivity contribution is 5.78. The molecule has 0 aromatic heterocycles. The first-order valence-corrected chi connectivity index (χ1v) is 5.77. The summed E-state index contributed by atoms with van der Waals surface area (Å²) >= 11 is 0. The van der Waals surface area contributed by atoms with Crippen molar-refractivity contribution in [3.8, 4) is 5.75 Å². The Bertz CT molecular complexity index is 348. The summed E-state index contributed by atoms with van der Waals surface area (Å²) in [6.45, 7) is 4.27. The molecule has 17 heavy (non-hydrogen) atoms. The van der Waals surface area contributed by atoms with Gasteiger partial charge in [-0.2, -0.15) is 0 Å². The summed E-state index contributed by atoms with van der Waals surface area (Å²) in [5.74, 6) is 0.719. The molecule has 0 saturated heterocycles. The minimum Gasteiger partial charge on any atom is -0.494 e. The minimum atomic E-state index is -0.204. The van der Waals surface area contributed by atoms with Gasteiger partial charge >= 0.3 is 0 Å². The summed E-state index contributed by atoms with van der Waals surface area (Å²) in [7, 11) is 0. The Kier molecular flexibility index (Phi) is 5.49. The maximum absolute atomic E-state index is 11.5. The van der Waals surface area contributed by atoms with Crippen molar-refractivity contribution in [1.82, 2.24) is 5.32 Å². The summed E-state index contributed by atoms with van der Waals surface area (Å²) in [5.41, 5.74) is 0.927. The summed E-state index contributed by atoms with van der Waals surface area (Å²) < 4.78 is 5.31. The lowest BCUT2D eigenvalue weighted by molar-refractivity contribution is -0.121. The lowest BCUT2D eigenvalue weighted by Crippen LogP contribution is -2.35. The standard InChI is InChI=1S/C13H19NO3/c1-3-17-12-6-4-11(5-7-12)8-13(16)14-10(2)9-15/h4-7,10,15H,3,8-9H2,1-2H3,(H,14,16). The van der Waals surface area contributed by atoms with Crippen LogP contribution in [0.25, 0.3) is 0 Å². The zero-order valence-electron chi connectivity index (χ0n) is 10.3. The molecular formula is C13H19NO3. The molecule has 0 aliphatic rings. The summed E-state index contributed by atoms with van der Waals surface area (Å²) in [4.78, 5) is 11.5. The number of aliphatic hydroxyl groups is 1. The average molecular weight is 237 g/mol. The lowest BCUT2D eigenvalue weighted by atomic mass is 10.1. The van der Waals surface area contributed by atoms with E-state index in [2.05, 4.69) is 5.32 Å². The van der Waals surface area contributed by atoms with Gasteiger partial charge in [0.15, 0.2) is 0 Å². The molecule has 4 nitrogen and oxygen atoms in total. The first kappa shape index (κ1) is 13.5. The van der Waals surface area contributed by atoms with Crippen LogP contribution < -0.4 is 10.1 Å². The molecular weight excluding hydrogens is 218 g/mol. The maximum Gasteiger partial charge on any atom is 0.224 e. The van der Waals surface area contributed by atoms with E-state index in [1.807, 2.05) is 31.2 Å². The fourth-order valence-electron chi connectivity index (χ4n) is 1.43. The second-order valence-electron chi connectivity index (χ2n) is 3.90. The van der Waals surface area contributed by atoms with Crippen LogP contribution in [-0.2, 0) is 11.2 Å². The summed E-state index contributed by atoms with van der Waals surface area (Å²) in [6, 6.07) is 7.23. The Balaban J connectivity index is 2.48. The number of carbonyl (C=O) groups excluding carboxylic acids is 1. The predicted octanol–water partition coefficient (Wildman–Crippen LogP) is 1.12. The van der Waals surface area contributed by atoms with Gasteiger partial charge < -0.3 is 15.2 Å². The number of amides is 1. The van der Waals surface area contributed by atoms with Crippen LogP contribution in [0, 0.1) is 0 Å². The van der Waals surface area contributed by atoms with Crippen molar-refractivity contribution in [1.29, 1.82) is 0 Å². The molecule has 94 valence electrons. The van der Waals surface area contributed by atoms with Crippen molar-refractivity contribution in [3.05, 3.63) is 29.8 Å². The van der Waals surface area contributed by atoms with Gasteiger partial charge in [-0.25, -0.2) is 0 Å². The molecule has 0 heterocycles. The molecule has 1 unspecified atom stereocenters. The van der Waals surface area contributed by atoms with E-state index in [9.17, 15) is 4.79 Å². The molecule has 0 aliphatic heterocycles. The molecule has 0 aliphatic carbocycles. The van der Waals surface area contributed by atoms with E-state index in [-0.39, 0.29) is 18.6 Å². The Labute approximate surface area is 102 Å². The third kappa shape index (κ3) is 4.87. The number of hydrogen-bond acceptors (Lipinski definition) is 3. The Hall–Kier alpha value is -1.55. The Morgan fingerprint density at radius 2 is 2.06 bits per heavy atom. The monoisotopic (exact) mass is 237 g/mol. The van der Waals surface area contributed by atoms with Gasteiger partial charge in [-0.15, -0.1) is 0 Å². The van der Waals surface area contributed by atoms with Gasteiger partial charge in [0.2, 0.25) is 5.91 Å². The number of rotatable bonds is 6. The van der Waals surface area contributed by atoms with E-state index in [1.54, 1.807) is 6.92 Å². The molecule has 1 atom stereocenters. The SMILES string of the molecule is CCOc1ccc(CC(=O)NC(C)CO)cc1. The lowest BCUT2D eigenvalue weighted by Gasteiger charge is -2.10. The second-order valence-corrected chi connectivity index (χ2v) is 3.90. The van der Waals surface area contributed by atoms with Gasteiger partial charge in [0.05, 0.1) is 19.6 Å². The van der Waals surface area contributed by atoms with E-state index in [0.29, 0.717) is 13.0 Å². The number of nitrogens with one attached hydrogen (secondary N) is 1. The first-order chi connectivity index (χ1) is 8.15. The molecule has 0 fully saturated rings. The maximum atomic E-state index is 11.5. The summed E-state index contributed by atoms with van der Waals surface area (Å²) in [6.07, 6.45) is 0.316. The molecule has 4 heteroatoms. The van der Waals surface area contributed by atoms with E-state index in [0.717, 1.165) is 11.3 Å². The number of benzene rings is 1. The van der Waals surface area contributed by atoms with Crippen LogP contribution >= 0.6 is 0 Å². The fraction of sp³-hybridized carbons (Fsp3) is 0.462. The highest BCUT2D eigenvalue weighted by atomic mass is 16.5. The number of hydrogen-bond donors (Lipinski definition) is 2. The molecule has 1 aromatic rings. The third-order valence-electron chi connectivity index (χ3n) is 2.28. The Morgan fingerprint density at radius 3 is 2.59 bits per heavy atom. The van der Waals surface area contributed by atoms with E-state index in [4.69, 9.17) is 9.84 Å². The number of aliphatic hydroxyl groups excluding tert-OH is 1. The number of carbonyl (C=O) groups is 1. The fourth-order valence-corrected chi connectivity index (χ4v) is 1.43. The minimum absolute atomic E-state index is 0.0466. The molecule has 0 bridgehead atoms. The van der Waals surface area contributed by atoms with E-state index >= 15 is 0 Å². The largest absolute Gasteiger partial charge is 0.494 e. The average Bonchev–Trinajstić information content (AvgIpc) is 2.31. The smallest absolute Gasteiger partial charge is 0.224 e. The van der Waals surface area contributed by atoms with Crippen LogP contribution in [0.5, 0.6) is 5.75 Å². The van der Waals surface area contributed by atoms with Crippen molar-refractivity contribution < 1.29 is 14.6 Å². The molecule has 1 aromatic carbocycles. The molecule has 1 rings (SSSR count). The normalized spacial score (nSPS) is 11.9. The molecule has 2 N–H and O–H groups in total. The molecule has 0 radical (unpaired) electrons. The highest BCUT2D eigenvalue weighted by Gasteiger charge is 2.07. The van der Waals surface area contributed by atoms with Crippen molar-refractivity contribution in [2.24, 2.45) is 0 Å². The van der Waals surface area contributed by atoms with E-state index in [1.165, 1.54) is 0 Å². The van der Waals surface area contributed by atoms with Crippen LogP contribution in [0.4, 0.5) is 0 Å². The van der Waals surface area contributed by atoms with Crippen molar-refractivity contribution in [2.75, 3.05) is 13.2 Å². The third-order valence-corrected chi connectivity index (χ3v) is 2.28. The summed E-state index contributed by atoms with van der Waals surface area (Å²) in [5, 5.41) is 11.5. The molecule has 0 spiro atoms. The van der Waals surface area contributed by atoms with E-state index < -0.39 is 0 Å². The van der Waals surface area contributed by atoms with Crippen LogP contribution in [0.1, 0.15) is 19.4 Å². The van der Waals surface area contributed by atoms with Gasteiger partial charge in [0, 0.05) is 6.04 Å². The zero-order chi connectivity index (χ0) is 12.7.